The predicted molar refractivity (Wildman–Crippen MR) is 76.0 cm³/mol. The van der Waals surface area contributed by atoms with Crippen LogP contribution in [0.1, 0.15) is 5.56 Å². The average molecular weight is 317 g/mol. The number of pyridine rings is 1. The Bertz CT molecular complexity index is 644. The van der Waals surface area contributed by atoms with Crippen LogP contribution in [-0.4, -0.2) is 16.1 Å². The van der Waals surface area contributed by atoms with Gasteiger partial charge in [-0.2, -0.15) is 0 Å². The molecule has 1 aromatic heterocycles. The van der Waals surface area contributed by atoms with Crippen molar-refractivity contribution in [2.45, 2.75) is 6.42 Å². The Labute approximate surface area is 124 Å². The van der Waals surface area contributed by atoms with E-state index < -0.39 is 5.97 Å². The summed E-state index contributed by atoms with van der Waals surface area (Å²) in [7, 11) is 0. The molecule has 1 heterocycles. The van der Waals surface area contributed by atoms with E-state index in [4.69, 9.17) is 39.9 Å². The van der Waals surface area contributed by atoms with E-state index in [9.17, 15) is 4.79 Å². The van der Waals surface area contributed by atoms with Gasteiger partial charge in [0.1, 0.15) is 0 Å². The summed E-state index contributed by atoms with van der Waals surface area (Å²) in [6.07, 6.45) is 1.26. The molecule has 6 heteroatoms. The van der Waals surface area contributed by atoms with Crippen molar-refractivity contribution >= 4 is 40.8 Å². The molecule has 1 aromatic carbocycles. The van der Waals surface area contributed by atoms with Gasteiger partial charge in [-0.3, -0.25) is 9.78 Å². The average Bonchev–Trinajstić information content (AvgIpc) is 2.32. The first kappa shape index (κ1) is 14.1. The molecule has 0 amide bonds. The lowest BCUT2D eigenvalue weighted by atomic mass is 10.0. The number of carboxylic acids is 1. The molecule has 3 nitrogen and oxygen atoms in total. The summed E-state index contributed by atoms with van der Waals surface area (Å²) >= 11 is 17.9. The lowest BCUT2D eigenvalue weighted by Gasteiger charge is -2.09. The van der Waals surface area contributed by atoms with E-state index in [0.717, 1.165) is 0 Å². The van der Waals surface area contributed by atoms with Gasteiger partial charge in [0.2, 0.25) is 0 Å². The zero-order valence-electron chi connectivity index (χ0n) is 9.53. The van der Waals surface area contributed by atoms with Gasteiger partial charge in [0.15, 0.2) is 0 Å². The summed E-state index contributed by atoms with van der Waals surface area (Å²) in [6, 6.07) is 6.50. The summed E-state index contributed by atoms with van der Waals surface area (Å²) in [5.74, 6) is -0.969. The van der Waals surface area contributed by atoms with Gasteiger partial charge in [-0.1, -0.05) is 34.8 Å². The smallest absolute Gasteiger partial charge is 0.307 e. The summed E-state index contributed by atoms with van der Waals surface area (Å²) in [5.41, 5.74) is 1.55. The Kier molecular flexibility index (Phi) is 4.30. The van der Waals surface area contributed by atoms with Crippen LogP contribution in [0.25, 0.3) is 11.3 Å². The molecule has 0 radical (unpaired) electrons. The van der Waals surface area contributed by atoms with Crippen molar-refractivity contribution < 1.29 is 9.90 Å². The molecule has 0 atom stereocenters. The zero-order chi connectivity index (χ0) is 14.0. The summed E-state index contributed by atoms with van der Waals surface area (Å²) in [5, 5.41) is 10.2. The van der Waals surface area contributed by atoms with E-state index in [1.165, 1.54) is 6.20 Å². The van der Waals surface area contributed by atoms with Crippen LogP contribution in [0, 0.1) is 0 Å². The summed E-state index contributed by atoms with van der Waals surface area (Å²) < 4.78 is 0. The first-order chi connectivity index (χ1) is 8.97. The minimum Gasteiger partial charge on any atom is -0.481 e. The van der Waals surface area contributed by atoms with Gasteiger partial charge in [0.25, 0.3) is 0 Å². The second-order valence-corrected chi connectivity index (χ2v) is 5.14. The summed E-state index contributed by atoms with van der Waals surface area (Å²) in [4.78, 5) is 15.1. The second-order valence-electron chi connectivity index (χ2n) is 3.86. The van der Waals surface area contributed by atoms with Crippen LogP contribution in [0.5, 0.6) is 0 Å². The van der Waals surface area contributed by atoms with Crippen LogP contribution in [0.4, 0.5) is 0 Å². The number of hydrogen-bond donors (Lipinski definition) is 1. The number of halogens is 3. The van der Waals surface area contributed by atoms with Gasteiger partial charge in [-0.05, 0) is 29.8 Å². The molecular formula is C13H8Cl3NO2. The zero-order valence-corrected chi connectivity index (χ0v) is 11.8. The maximum atomic E-state index is 10.9. The number of hydrogen-bond acceptors (Lipinski definition) is 2. The van der Waals surface area contributed by atoms with Crippen molar-refractivity contribution in [3.63, 3.8) is 0 Å². The van der Waals surface area contributed by atoms with Crippen molar-refractivity contribution in [3.05, 3.63) is 51.1 Å². The van der Waals surface area contributed by atoms with Gasteiger partial charge in [-0.25, -0.2) is 0 Å². The van der Waals surface area contributed by atoms with Crippen LogP contribution in [-0.2, 0) is 11.2 Å². The third-order valence-electron chi connectivity index (χ3n) is 2.46. The third-order valence-corrected chi connectivity index (χ3v) is 3.23. The highest BCUT2D eigenvalue weighted by atomic mass is 35.5. The molecule has 0 saturated heterocycles. The summed E-state index contributed by atoms with van der Waals surface area (Å²) in [6.45, 7) is 0. The van der Waals surface area contributed by atoms with Gasteiger partial charge in [0, 0.05) is 16.8 Å². The van der Waals surface area contributed by atoms with E-state index in [2.05, 4.69) is 4.98 Å². The molecule has 0 saturated carbocycles. The van der Waals surface area contributed by atoms with Crippen molar-refractivity contribution in [2.75, 3.05) is 0 Å². The molecule has 0 bridgehead atoms. The minimum absolute atomic E-state index is 0.189. The number of carbonyl (C=O) groups is 1. The van der Waals surface area contributed by atoms with Gasteiger partial charge >= 0.3 is 5.97 Å². The SMILES string of the molecule is O=C(O)Cc1cc(Cl)cnc1-c1cc(Cl)ccc1Cl. The Hall–Kier alpha value is -1.29. The monoisotopic (exact) mass is 315 g/mol. The van der Waals surface area contributed by atoms with Gasteiger partial charge in [-0.15, -0.1) is 0 Å². The van der Waals surface area contributed by atoms with Crippen molar-refractivity contribution in [1.29, 1.82) is 0 Å². The fourth-order valence-corrected chi connectivity index (χ4v) is 2.26. The largest absolute Gasteiger partial charge is 0.481 e. The van der Waals surface area contributed by atoms with E-state index in [1.807, 2.05) is 0 Å². The van der Waals surface area contributed by atoms with Gasteiger partial charge < -0.3 is 5.11 Å². The number of benzene rings is 1. The fourth-order valence-electron chi connectivity index (χ4n) is 1.70. The lowest BCUT2D eigenvalue weighted by Crippen LogP contribution is -2.03. The highest BCUT2D eigenvalue weighted by molar-refractivity contribution is 6.35. The van der Waals surface area contributed by atoms with Crippen molar-refractivity contribution in [1.82, 2.24) is 4.98 Å². The van der Waals surface area contributed by atoms with Crippen LogP contribution in [0.15, 0.2) is 30.5 Å². The first-order valence-electron chi connectivity index (χ1n) is 5.29. The Balaban J connectivity index is 2.60. The number of nitrogens with zero attached hydrogens (tertiary/aromatic N) is 1. The molecule has 2 aromatic rings. The molecule has 2 rings (SSSR count). The standard InChI is InChI=1S/C13H8Cl3NO2/c14-8-1-2-11(16)10(5-8)13-7(4-12(18)19)3-9(15)6-17-13/h1-3,5-6H,4H2,(H,18,19). The first-order valence-corrected chi connectivity index (χ1v) is 6.42. The molecule has 0 spiro atoms. The van der Waals surface area contributed by atoms with E-state index >= 15 is 0 Å². The topological polar surface area (TPSA) is 50.2 Å². The number of aliphatic carboxylic acids is 1. The highest BCUT2D eigenvalue weighted by Gasteiger charge is 2.14. The van der Waals surface area contributed by atoms with E-state index in [-0.39, 0.29) is 6.42 Å². The molecule has 0 aliphatic heterocycles. The lowest BCUT2D eigenvalue weighted by molar-refractivity contribution is -0.136. The maximum absolute atomic E-state index is 10.9. The normalized spacial score (nSPS) is 10.5. The number of rotatable bonds is 3. The van der Waals surface area contributed by atoms with Crippen LogP contribution >= 0.6 is 34.8 Å². The molecule has 1 N–H and O–H groups in total. The van der Waals surface area contributed by atoms with E-state index in [1.54, 1.807) is 24.3 Å². The molecule has 0 aliphatic rings. The minimum atomic E-state index is -0.969. The Morgan fingerprint density at radius 1 is 1.16 bits per heavy atom. The molecule has 98 valence electrons. The molecule has 19 heavy (non-hydrogen) atoms. The molecule has 0 fully saturated rings. The van der Waals surface area contributed by atoms with E-state index in [0.29, 0.717) is 31.9 Å². The van der Waals surface area contributed by atoms with Crippen LogP contribution < -0.4 is 0 Å². The van der Waals surface area contributed by atoms with Crippen LogP contribution in [0.3, 0.4) is 0 Å². The second kappa shape index (κ2) is 5.78. The molecular weight excluding hydrogens is 309 g/mol. The quantitative estimate of drug-likeness (QED) is 0.916. The Morgan fingerprint density at radius 3 is 2.58 bits per heavy atom. The fraction of sp³-hybridized carbons (Fsp3) is 0.0769. The van der Waals surface area contributed by atoms with Crippen molar-refractivity contribution in [3.8, 4) is 11.3 Å². The predicted octanol–water partition coefficient (Wildman–Crippen LogP) is 4.34. The third kappa shape index (κ3) is 3.38. The number of carboxylic acid groups (broad SMARTS) is 1. The van der Waals surface area contributed by atoms with Crippen LogP contribution in [0.2, 0.25) is 15.1 Å². The van der Waals surface area contributed by atoms with Crippen molar-refractivity contribution in [2.24, 2.45) is 0 Å². The number of aromatic nitrogens is 1. The maximum Gasteiger partial charge on any atom is 0.307 e. The van der Waals surface area contributed by atoms with Gasteiger partial charge in [0.05, 0.1) is 22.2 Å². The molecule has 0 unspecified atom stereocenters. The highest BCUT2D eigenvalue weighted by Crippen LogP contribution is 2.32. The Morgan fingerprint density at radius 2 is 1.89 bits per heavy atom. The molecule has 0 aliphatic carbocycles.